The molecule has 1 heterocycles. The van der Waals surface area contributed by atoms with E-state index in [1.165, 1.54) is 19.2 Å². The second-order valence-corrected chi connectivity index (χ2v) is 8.48. The number of carbonyl (C=O) groups is 1. The zero-order chi connectivity index (χ0) is 15.3. The summed E-state index contributed by atoms with van der Waals surface area (Å²) in [5.74, 6) is -0.216. The van der Waals surface area contributed by atoms with Crippen molar-refractivity contribution in [3.8, 4) is 0 Å². The molecule has 0 radical (unpaired) electrons. The molecule has 0 aliphatic heterocycles. The number of hydrogen-bond donors (Lipinski definition) is 0. The molecule has 0 aromatic carbocycles. The number of unbranched alkanes of at least 4 members (excludes halogenated alkanes) is 1. The molecule has 0 saturated heterocycles. The summed E-state index contributed by atoms with van der Waals surface area (Å²) in [4.78, 5) is 13.5. The quantitative estimate of drug-likeness (QED) is 0.766. The fourth-order valence-corrected chi connectivity index (χ4v) is 4.32. The third-order valence-electron chi connectivity index (χ3n) is 2.84. The second kappa shape index (κ2) is 7.40. The Labute approximate surface area is 129 Å². The highest BCUT2D eigenvalue weighted by Gasteiger charge is 2.25. The highest BCUT2D eigenvalue weighted by atomic mass is 35.5. The van der Waals surface area contributed by atoms with Crippen molar-refractivity contribution in [1.82, 2.24) is 9.21 Å². The average Bonchev–Trinajstić information content (AvgIpc) is 2.82. The molecule has 0 aliphatic rings. The van der Waals surface area contributed by atoms with E-state index in [0.29, 0.717) is 10.9 Å². The van der Waals surface area contributed by atoms with Crippen molar-refractivity contribution in [2.75, 3.05) is 27.2 Å². The maximum absolute atomic E-state index is 12.2. The van der Waals surface area contributed by atoms with Crippen LogP contribution in [-0.4, -0.2) is 50.7 Å². The number of likely N-dealkylation sites (N-methyl/N-ethyl adjacent to an activating group) is 2. The van der Waals surface area contributed by atoms with Crippen LogP contribution in [0.4, 0.5) is 0 Å². The van der Waals surface area contributed by atoms with E-state index in [1.807, 2.05) is 6.92 Å². The van der Waals surface area contributed by atoms with Gasteiger partial charge < -0.3 is 4.90 Å². The fourth-order valence-electron chi connectivity index (χ4n) is 1.51. The van der Waals surface area contributed by atoms with Gasteiger partial charge in [-0.15, -0.1) is 11.3 Å². The van der Waals surface area contributed by atoms with E-state index in [0.717, 1.165) is 28.5 Å². The van der Waals surface area contributed by atoms with E-state index in [9.17, 15) is 13.2 Å². The van der Waals surface area contributed by atoms with Gasteiger partial charge in [0, 0.05) is 20.6 Å². The molecule has 0 fully saturated rings. The van der Waals surface area contributed by atoms with Gasteiger partial charge in [-0.2, -0.15) is 4.31 Å². The molecule has 5 nitrogen and oxygen atoms in total. The lowest BCUT2D eigenvalue weighted by molar-refractivity contribution is -0.129. The van der Waals surface area contributed by atoms with Crippen LogP contribution in [0.5, 0.6) is 0 Å². The number of amides is 1. The monoisotopic (exact) mass is 338 g/mol. The highest BCUT2D eigenvalue weighted by molar-refractivity contribution is 7.91. The molecule has 0 atom stereocenters. The van der Waals surface area contributed by atoms with E-state index in [2.05, 4.69) is 0 Å². The van der Waals surface area contributed by atoms with Gasteiger partial charge in [-0.25, -0.2) is 8.42 Å². The molecule has 0 bridgehead atoms. The van der Waals surface area contributed by atoms with Gasteiger partial charge in [0.05, 0.1) is 10.9 Å². The number of sulfonamides is 1. The summed E-state index contributed by atoms with van der Waals surface area (Å²) >= 11 is 6.73. The van der Waals surface area contributed by atoms with Gasteiger partial charge in [0.25, 0.3) is 10.0 Å². The first-order chi connectivity index (χ1) is 9.28. The number of nitrogens with zero attached hydrogens (tertiary/aromatic N) is 2. The molecule has 0 saturated carbocycles. The Bertz CT molecular complexity index is 557. The number of hydrogen-bond acceptors (Lipinski definition) is 4. The molecule has 1 amide bonds. The molecule has 1 aromatic rings. The Balaban J connectivity index is 2.70. The minimum absolute atomic E-state index is 0.147. The molecule has 0 unspecified atom stereocenters. The molecular weight excluding hydrogens is 320 g/mol. The molecule has 0 N–H and O–H groups in total. The van der Waals surface area contributed by atoms with E-state index in [-0.39, 0.29) is 16.7 Å². The summed E-state index contributed by atoms with van der Waals surface area (Å²) in [5.41, 5.74) is 0. The SMILES string of the molecule is CCCCN(C)C(=O)CN(C)S(=O)(=O)c1ccc(Cl)s1. The Kier molecular flexibility index (Phi) is 6.44. The Morgan fingerprint density at radius 3 is 2.50 bits per heavy atom. The van der Waals surface area contributed by atoms with Gasteiger partial charge in [-0.05, 0) is 18.6 Å². The molecule has 1 aromatic heterocycles. The van der Waals surface area contributed by atoms with Crippen LogP contribution < -0.4 is 0 Å². The van der Waals surface area contributed by atoms with E-state index >= 15 is 0 Å². The zero-order valence-electron chi connectivity index (χ0n) is 11.8. The van der Waals surface area contributed by atoms with Crippen LogP contribution in [0.1, 0.15) is 19.8 Å². The smallest absolute Gasteiger partial charge is 0.252 e. The van der Waals surface area contributed by atoms with Gasteiger partial charge >= 0.3 is 0 Å². The topological polar surface area (TPSA) is 57.7 Å². The Morgan fingerprint density at radius 2 is 2.00 bits per heavy atom. The van der Waals surface area contributed by atoms with Crippen molar-refractivity contribution in [3.63, 3.8) is 0 Å². The molecule has 8 heteroatoms. The van der Waals surface area contributed by atoms with E-state index < -0.39 is 10.0 Å². The normalized spacial score (nSPS) is 11.8. The maximum Gasteiger partial charge on any atom is 0.252 e. The van der Waals surface area contributed by atoms with Crippen molar-refractivity contribution < 1.29 is 13.2 Å². The summed E-state index contributed by atoms with van der Waals surface area (Å²) < 4.78 is 26.1. The summed E-state index contributed by atoms with van der Waals surface area (Å²) in [6, 6.07) is 2.98. The maximum atomic E-state index is 12.2. The zero-order valence-corrected chi connectivity index (χ0v) is 14.2. The first-order valence-electron chi connectivity index (χ1n) is 6.24. The standard InChI is InChI=1S/C12H19ClN2O3S2/c1-4-5-8-14(2)11(16)9-15(3)20(17,18)12-7-6-10(13)19-12/h6-7H,4-5,8-9H2,1-3H3. The second-order valence-electron chi connectivity index (χ2n) is 4.49. The van der Waals surface area contributed by atoms with Crippen LogP contribution in [0, 0.1) is 0 Å². The van der Waals surface area contributed by atoms with Crippen molar-refractivity contribution in [3.05, 3.63) is 16.5 Å². The third-order valence-corrected chi connectivity index (χ3v) is 6.35. The fraction of sp³-hybridized carbons (Fsp3) is 0.583. The van der Waals surface area contributed by atoms with Crippen LogP contribution in [0.25, 0.3) is 0 Å². The van der Waals surface area contributed by atoms with Crippen LogP contribution in [0.3, 0.4) is 0 Å². The lowest BCUT2D eigenvalue weighted by Crippen LogP contribution is -2.39. The number of carbonyl (C=O) groups excluding carboxylic acids is 1. The average molecular weight is 339 g/mol. The molecule has 114 valence electrons. The molecular formula is C12H19ClN2O3S2. The van der Waals surface area contributed by atoms with Gasteiger partial charge in [-0.1, -0.05) is 24.9 Å². The van der Waals surface area contributed by atoms with Crippen LogP contribution >= 0.6 is 22.9 Å². The first-order valence-corrected chi connectivity index (χ1v) is 8.88. The number of rotatable bonds is 7. The van der Waals surface area contributed by atoms with Crippen LogP contribution in [0.15, 0.2) is 16.3 Å². The lowest BCUT2D eigenvalue weighted by atomic mass is 10.3. The predicted octanol–water partition coefficient (Wildman–Crippen LogP) is 2.28. The largest absolute Gasteiger partial charge is 0.345 e. The van der Waals surface area contributed by atoms with Crippen LogP contribution in [-0.2, 0) is 14.8 Å². The van der Waals surface area contributed by atoms with E-state index in [1.54, 1.807) is 11.9 Å². The van der Waals surface area contributed by atoms with Gasteiger partial charge in [0.1, 0.15) is 4.21 Å². The summed E-state index contributed by atoms with van der Waals surface area (Å²) in [5, 5.41) is 0. The van der Waals surface area contributed by atoms with Gasteiger partial charge in [0.15, 0.2) is 0 Å². The van der Waals surface area contributed by atoms with Crippen molar-refractivity contribution >= 4 is 38.9 Å². The summed E-state index contributed by atoms with van der Waals surface area (Å²) in [7, 11) is -0.569. The van der Waals surface area contributed by atoms with Gasteiger partial charge in [0.2, 0.25) is 5.91 Å². The first kappa shape index (κ1) is 17.4. The molecule has 0 spiro atoms. The Morgan fingerprint density at radius 1 is 1.35 bits per heavy atom. The van der Waals surface area contributed by atoms with Gasteiger partial charge in [-0.3, -0.25) is 4.79 Å². The van der Waals surface area contributed by atoms with Crippen molar-refractivity contribution in [2.45, 2.75) is 24.0 Å². The van der Waals surface area contributed by atoms with Crippen molar-refractivity contribution in [2.24, 2.45) is 0 Å². The minimum atomic E-state index is -3.65. The third kappa shape index (κ3) is 4.44. The van der Waals surface area contributed by atoms with Crippen LogP contribution in [0.2, 0.25) is 4.34 Å². The predicted molar refractivity (Wildman–Crippen MR) is 81.7 cm³/mol. The number of thiophene rings is 1. The summed E-state index contributed by atoms with van der Waals surface area (Å²) in [6.07, 6.45) is 1.89. The molecule has 0 aliphatic carbocycles. The van der Waals surface area contributed by atoms with E-state index in [4.69, 9.17) is 11.6 Å². The van der Waals surface area contributed by atoms with Crippen molar-refractivity contribution in [1.29, 1.82) is 0 Å². The molecule has 20 heavy (non-hydrogen) atoms. The Hall–Kier alpha value is -0.630. The highest BCUT2D eigenvalue weighted by Crippen LogP contribution is 2.27. The molecule has 1 rings (SSSR count). The lowest BCUT2D eigenvalue weighted by Gasteiger charge is -2.21. The number of halogens is 1. The minimum Gasteiger partial charge on any atom is -0.345 e. The summed E-state index contributed by atoms with van der Waals surface area (Å²) in [6.45, 7) is 2.50.